The van der Waals surface area contributed by atoms with Crippen LogP contribution >= 0.6 is 0 Å². The average Bonchev–Trinajstić information content (AvgIpc) is 3.10. The van der Waals surface area contributed by atoms with Gasteiger partial charge in [-0.15, -0.1) is 0 Å². The maximum atomic E-state index is 6.51. The molecule has 0 bridgehead atoms. The fraction of sp³-hybridized carbons (Fsp3) is 0.647. The SMILES string of the molecule is NC(C1CCCC1)C1CCN(Cc2ccccc2)C1. The van der Waals surface area contributed by atoms with Crippen LogP contribution in [0.4, 0.5) is 0 Å². The largest absolute Gasteiger partial charge is 0.327 e. The van der Waals surface area contributed by atoms with Crippen molar-refractivity contribution in [2.75, 3.05) is 13.1 Å². The lowest BCUT2D eigenvalue weighted by Gasteiger charge is -2.25. The van der Waals surface area contributed by atoms with Crippen molar-refractivity contribution in [1.82, 2.24) is 4.90 Å². The van der Waals surface area contributed by atoms with Crippen LogP contribution in [-0.4, -0.2) is 24.0 Å². The predicted octanol–water partition coefficient (Wildman–Crippen LogP) is 3.03. The minimum Gasteiger partial charge on any atom is -0.327 e. The third kappa shape index (κ3) is 3.18. The first-order valence-electron chi connectivity index (χ1n) is 7.85. The maximum Gasteiger partial charge on any atom is 0.0233 e. The van der Waals surface area contributed by atoms with Crippen LogP contribution in [0.15, 0.2) is 30.3 Å². The lowest BCUT2D eigenvalue weighted by atomic mass is 9.87. The average molecular weight is 258 g/mol. The summed E-state index contributed by atoms with van der Waals surface area (Å²) in [6, 6.07) is 11.3. The molecule has 1 saturated carbocycles. The Balaban J connectivity index is 1.52. The van der Waals surface area contributed by atoms with Gasteiger partial charge in [0.25, 0.3) is 0 Å². The van der Waals surface area contributed by atoms with Crippen molar-refractivity contribution in [3.05, 3.63) is 35.9 Å². The summed E-state index contributed by atoms with van der Waals surface area (Å²) in [5.74, 6) is 1.54. The summed E-state index contributed by atoms with van der Waals surface area (Å²) in [6.45, 7) is 3.52. The Bertz CT molecular complexity index is 384. The molecule has 2 heteroatoms. The van der Waals surface area contributed by atoms with Crippen molar-refractivity contribution in [2.24, 2.45) is 17.6 Å². The highest BCUT2D eigenvalue weighted by atomic mass is 15.1. The molecule has 1 heterocycles. The van der Waals surface area contributed by atoms with Crippen LogP contribution in [0.5, 0.6) is 0 Å². The van der Waals surface area contributed by atoms with Crippen molar-refractivity contribution in [3.8, 4) is 0 Å². The standard InChI is InChI=1S/C17H26N2/c18-17(15-8-4-5-9-15)16-10-11-19(13-16)12-14-6-2-1-3-7-14/h1-3,6-7,15-17H,4-5,8-13,18H2. The van der Waals surface area contributed by atoms with Gasteiger partial charge in [-0.05, 0) is 43.2 Å². The smallest absolute Gasteiger partial charge is 0.0233 e. The first-order chi connectivity index (χ1) is 9.33. The molecule has 2 N–H and O–H groups in total. The Morgan fingerprint density at radius 1 is 1.05 bits per heavy atom. The molecule has 104 valence electrons. The highest BCUT2D eigenvalue weighted by molar-refractivity contribution is 5.14. The molecule has 1 saturated heterocycles. The van der Waals surface area contributed by atoms with Crippen LogP contribution in [0.25, 0.3) is 0 Å². The van der Waals surface area contributed by atoms with E-state index in [9.17, 15) is 0 Å². The van der Waals surface area contributed by atoms with Crippen molar-refractivity contribution < 1.29 is 0 Å². The van der Waals surface area contributed by atoms with E-state index in [0.29, 0.717) is 6.04 Å². The normalized spacial score (nSPS) is 26.9. The molecular formula is C17H26N2. The Kier molecular flexibility index (Phi) is 4.19. The van der Waals surface area contributed by atoms with Crippen molar-refractivity contribution in [2.45, 2.75) is 44.7 Å². The Hall–Kier alpha value is -0.860. The number of nitrogens with two attached hydrogens (primary N) is 1. The molecule has 2 nitrogen and oxygen atoms in total. The first-order valence-corrected chi connectivity index (χ1v) is 7.85. The van der Waals surface area contributed by atoms with E-state index in [1.54, 1.807) is 0 Å². The van der Waals surface area contributed by atoms with Gasteiger partial charge in [0.1, 0.15) is 0 Å². The van der Waals surface area contributed by atoms with Crippen molar-refractivity contribution >= 4 is 0 Å². The summed E-state index contributed by atoms with van der Waals surface area (Å²) in [7, 11) is 0. The summed E-state index contributed by atoms with van der Waals surface area (Å²) in [6.07, 6.45) is 6.84. The predicted molar refractivity (Wildman–Crippen MR) is 79.8 cm³/mol. The van der Waals surface area contributed by atoms with Gasteiger partial charge in [-0.1, -0.05) is 43.2 Å². The molecule has 19 heavy (non-hydrogen) atoms. The Labute approximate surface area is 117 Å². The lowest BCUT2D eigenvalue weighted by molar-refractivity contribution is 0.276. The second-order valence-electron chi connectivity index (χ2n) is 6.39. The molecule has 1 aromatic carbocycles. The van der Waals surface area contributed by atoms with Crippen molar-refractivity contribution in [3.63, 3.8) is 0 Å². The Morgan fingerprint density at radius 2 is 1.79 bits per heavy atom. The molecular weight excluding hydrogens is 232 g/mol. The molecule has 0 spiro atoms. The summed E-state index contributed by atoms with van der Waals surface area (Å²) < 4.78 is 0. The molecule has 2 unspecified atom stereocenters. The number of hydrogen-bond donors (Lipinski definition) is 1. The van der Waals surface area contributed by atoms with Gasteiger partial charge in [-0.25, -0.2) is 0 Å². The molecule has 0 amide bonds. The van der Waals surface area contributed by atoms with Crippen LogP contribution in [0, 0.1) is 11.8 Å². The summed E-state index contributed by atoms with van der Waals surface area (Å²) in [5, 5.41) is 0. The zero-order valence-electron chi connectivity index (χ0n) is 11.8. The third-order valence-electron chi connectivity index (χ3n) is 5.05. The summed E-state index contributed by atoms with van der Waals surface area (Å²) >= 11 is 0. The number of benzene rings is 1. The van der Waals surface area contributed by atoms with E-state index in [0.717, 1.165) is 18.4 Å². The fourth-order valence-electron chi connectivity index (χ4n) is 3.89. The van der Waals surface area contributed by atoms with E-state index < -0.39 is 0 Å². The number of likely N-dealkylation sites (tertiary alicyclic amines) is 1. The van der Waals surface area contributed by atoms with Gasteiger partial charge in [-0.3, -0.25) is 4.90 Å². The van der Waals surface area contributed by atoms with Gasteiger partial charge in [0.15, 0.2) is 0 Å². The molecule has 3 rings (SSSR count). The van der Waals surface area contributed by atoms with Gasteiger partial charge in [-0.2, -0.15) is 0 Å². The number of nitrogens with zero attached hydrogens (tertiary/aromatic N) is 1. The van der Waals surface area contributed by atoms with E-state index in [-0.39, 0.29) is 0 Å². The lowest BCUT2D eigenvalue weighted by Crippen LogP contribution is -2.38. The molecule has 2 atom stereocenters. The summed E-state index contributed by atoms with van der Waals surface area (Å²) in [4.78, 5) is 2.58. The molecule has 1 aromatic rings. The van der Waals surface area contributed by atoms with Crippen molar-refractivity contribution in [1.29, 1.82) is 0 Å². The first kappa shape index (κ1) is 13.1. The number of hydrogen-bond acceptors (Lipinski definition) is 2. The van der Waals surface area contributed by atoms with Gasteiger partial charge >= 0.3 is 0 Å². The monoisotopic (exact) mass is 258 g/mol. The van der Waals surface area contributed by atoms with Crippen LogP contribution < -0.4 is 5.73 Å². The minimum absolute atomic E-state index is 0.447. The van der Waals surface area contributed by atoms with Gasteiger partial charge in [0.2, 0.25) is 0 Å². The van der Waals surface area contributed by atoms with E-state index in [2.05, 4.69) is 35.2 Å². The zero-order chi connectivity index (χ0) is 13.1. The quantitative estimate of drug-likeness (QED) is 0.899. The van der Waals surface area contributed by atoms with E-state index in [4.69, 9.17) is 5.73 Å². The molecule has 1 aliphatic heterocycles. The highest BCUT2D eigenvalue weighted by Gasteiger charge is 2.33. The molecule has 0 aromatic heterocycles. The molecule has 1 aliphatic carbocycles. The maximum absolute atomic E-state index is 6.51. The van der Waals surface area contributed by atoms with Gasteiger partial charge < -0.3 is 5.73 Å². The minimum atomic E-state index is 0.447. The van der Waals surface area contributed by atoms with Gasteiger partial charge in [0, 0.05) is 19.1 Å². The van der Waals surface area contributed by atoms with E-state index >= 15 is 0 Å². The summed E-state index contributed by atoms with van der Waals surface area (Å²) in [5.41, 5.74) is 7.94. The Morgan fingerprint density at radius 3 is 2.53 bits per heavy atom. The fourth-order valence-corrected chi connectivity index (χ4v) is 3.89. The van der Waals surface area contributed by atoms with Crippen LogP contribution in [0.1, 0.15) is 37.7 Å². The van der Waals surface area contributed by atoms with Crippen LogP contribution in [0.2, 0.25) is 0 Å². The zero-order valence-corrected chi connectivity index (χ0v) is 11.8. The second kappa shape index (κ2) is 6.06. The van der Waals surface area contributed by atoms with Gasteiger partial charge in [0.05, 0.1) is 0 Å². The molecule has 0 radical (unpaired) electrons. The molecule has 2 aliphatic rings. The van der Waals surface area contributed by atoms with E-state index in [1.807, 2.05) is 0 Å². The second-order valence-corrected chi connectivity index (χ2v) is 6.39. The van der Waals surface area contributed by atoms with E-state index in [1.165, 1.54) is 50.8 Å². The third-order valence-corrected chi connectivity index (χ3v) is 5.05. The highest BCUT2D eigenvalue weighted by Crippen LogP contribution is 2.33. The molecule has 2 fully saturated rings. The van der Waals surface area contributed by atoms with Crippen LogP contribution in [-0.2, 0) is 6.54 Å². The van der Waals surface area contributed by atoms with Crippen LogP contribution in [0.3, 0.4) is 0 Å². The number of rotatable bonds is 4. The topological polar surface area (TPSA) is 29.3 Å².